The predicted octanol–water partition coefficient (Wildman–Crippen LogP) is 2.64. The van der Waals surface area contributed by atoms with Crippen LogP contribution in [0.3, 0.4) is 0 Å². The minimum absolute atomic E-state index is 0.0445. The Labute approximate surface area is 204 Å². The number of amidine groups is 1. The Kier molecular flexibility index (Phi) is 7.15. The normalized spacial score (nSPS) is 19.1. The van der Waals surface area contributed by atoms with Gasteiger partial charge in [-0.15, -0.1) is 4.40 Å². The molecule has 11 heteroatoms. The lowest BCUT2D eigenvalue weighted by atomic mass is 10.1. The molecule has 2 aliphatic rings. The van der Waals surface area contributed by atoms with Crippen LogP contribution in [-0.4, -0.2) is 63.0 Å². The van der Waals surface area contributed by atoms with Crippen LogP contribution in [0.25, 0.3) is 0 Å². The van der Waals surface area contributed by atoms with Crippen LogP contribution in [0.2, 0.25) is 0 Å². The number of ether oxygens (including phenoxy) is 1. The highest BCUT2D eigenvalue weighted by atomic mass is 32.2. The molecule has 0 saturated carbocycles. The summed E-state index contributed by atoms with van der Waals surface area (Å²) in [6.45, 7) is 2.69. The maximum Gasteiger partial charge on any atom is 0.354 e. The van der Waals surface area contributed by atoms with Gasteiger partial charge in [0.25, 0.3) is 10.0 Å². The molecule has 0 spiro atoms. The zero-order valence-corrected chi connectivity index (χ0v) is 20.4. The Morgan fingerprint density at radius 1 is 1.14 bits per heavy atom. The molecule has 2 heterocycles. The molecular formula is C24H27N5O5S. The van der Waals surface area contributed by atoms with Gasteiger partial charge in [-0.1, -0.05) is 18.2 Å². The van der Waals surface area contributed by atoms with Gasteiger partial charge < -0.3 is 15.0 Å². The molecule has 1 saturated heterocycles. The van der Waals surface area contributed by atoms with Crippen LogP contribution in [0, 0.1) is 0 Å². The number of amides is 1. The van der Waals surface area contributed by atoms with E-state index in [1.165, 1.54) is 29.3 Å². The number of carbonyl (C=O) groups excluding carboxylic acids is 2. The number of rotatable bonds is 7. The number of likely N-dealkylation sites (tertiary alicyclic amines) is 1. The van der Waals surface area contributed by atoms with Gasteiger partial charge in [0.05, 0.1) is 17.2 Å². The maximum atomic E-state index is 13.1. The Bertz CT molecular complexity index is 1260. The van der Waals surface area contributed by atoms with E-state index in [9.17, 15) is 18.0 Å². The van der Waals surface area contributed by atoms with Crippen LogP contribution in [-0.2, 0) is 24.3 Å². The average Bonchev–Trinajstić information content (AvgIpc) is 3.47. The van der Waals surface area contributed by atoms with Gasteiger partial charge in [-0.05, 0) is 49.7 Å². The van der Waals surface area contributed by atoms with Crippen molar-refractivity contribution in [1.82, 2.24) is 4.90 Å². The van der Waals surface area contributed by atoms with Crippen molar-refractivity contribution < 1.29 is 22.7 Å². The first-order chi connectivity index (χ1) is 16.8. The van der Waals surface area contributed by atoms with Gasteiger partial charge in [0, 0.05) is 32.1 Å². The van der Waals surface area contributed by atoms with Crippen molar-refractivity contribution in [2.45, 2.75) is 37.1 Å². The van der Waals surface area contributed by atoms with Gasteiger partial charge in [-0.3, -0.25) is 9.80 Å². The smallest absolute Gasteiger partial charge is 0.354 e. The zero-order valence-electron chi connectivity index (χ0n) is 19.5. The van der Waals surface area contributed by atoms with Crippen molar-refractivity contribution in [2.24, 2.45) is 9.50 Å². The summed E-state index contributed by atoms with van der Waals surface area (Å²) in [7, 11) is -2.03. The van der Waals surface area contributed by atoms with E-state index in [-0.39, 0.29) is 29.5 Å². The molecule has 1 N–H and O–H groups in total. The molecule has 0 radical (unpaired) electrons. The quantitative estimate of drug-likeness (QED) is 0.584. The van der Waals surface area contributed by atoms with Crippen LogP contribution in [0.4, 0.5) is 11.4 Å². The first-order valence-corrected chi connectivity index (χ1v) is 12.8. The van der Waals surface area contributed by atoms with Crippen LogP contribution < -0.4 is 10.3 Å². The van der Waals surface area contributed by atoms with Crippen molar-refractivity contribution in [3.63, 3.8) is 0 Å². The third kappa shape index (κ3) is 5.51. The maximum absolute atomic E-state index is 13.1. The molecule has 4 rings (SSSR count). The number of para-hydroxylation sites is 1. The van der Waals surface area contributed by atoms with E-state index < -0.39 is 22.0 Å². The summed E-state index contributed by atoms with van der Waals surface area (Å²) in [6, 6.07) is 14.1. The monoisotopic (exact) mass is 497 g/mol. The van der Waals surface area contributed by atoms with Crippen LogP contribution in [0.5, 0.6) is 0 Å². The van der Waals surface area contributed by atoms with Crippen LogP contribution >= 0.6 is 0 Å². The summed E-state index contributed by atoms with van der Waals surface area (Å²) < 4.78 is 34.3. The van der Waals surface area contributed by atoms with Crippen molar-refractivity contribution in [1.29, 1.82) is 0 Å². The van der Waals surface area contributed by atoms with Crippen LogP contribution in [0.15, 0.2) is 69.0 Å². The Hall–Kier alpha value is -3.73. The largest absolute Gasteiger partial charge is 0.461 e. The molecule has 2 aromatic carbocycles. The molecule has 0 aliphatic carbocycles. The molecule has 0 aromatic heterocycles. The summed E-state index contributed by atoms with van der Waals surface area (Å²) in [4.78, 5) is 27.3. The van der Waals surface area contributed by atoms with Crippen molar-refractivity contribution in [3.8, 4) is 0 Å². The number of hydrogen-bond acceptors (Lipinski definition) is 7. The Morgan fingerprint density at radius 2 is 1.86 bits per heavy atom. The number of anilines is 2. The molecule has 1 unspecified atom stereocenters. The minimum atomic E-state index is -3.85. The van der Waals surface area contributed by atoms with E-state index in [2.05, 4.69) is 14.8 Å². The lowest BCUT2D eigenvalue weighted by Crippen LogP contribution is -2.38. The van der Waals surface area contributed by atoms with Gasteiger partial charge in [0.2, 0.25) is 5.91 Å². The van der Waals surface area contributed by atoms with Gasteiger partial charge in [-0.25, -0.2) is 4.79 Å². The van der Waals surface area contributed by atoms with E-state index in [1.54, 1.807) is 19.1 Å². The number of benzene rings is 2. The minimum Gasteiger partial charge on any atom is -0.461 e. The summed E-state index contributed by atoms with van der Waals surface area (Å²) >= 11 is 0. The standard InChI is InChI=1S/C24H27N5O5S/c1-3-34-24(31)20-16-21(29(26-20)18-8-5-4-6-9-18)23(30)25-17-11-13-19(14-12-17)35(32,33)27-22-10-7-15-28(22)2/h4-6,8-9,11-14,21H,3,7,10,15-16H2,1-2H3,(H,25,30)/b27-22-. The first-order valence-electron chi connectivity index (χ1n) is 11.3. The van der Waals surface area contributed by atoms with E-state index in [0.717, 1.165) is 13.0 Å². The summed E-state index contributed by atoms with van der Waals surface area (Å²) in [5, 5.41) is 8.62. The molecule has 10 nitrogen and oxygen atoms in total. The van der Waals surface area contributed by atoms with E-state index in [0.29, 0.717) is 23.6 Å². The van der Waals surface area contributed by atoms with Gasteiger partial charge in [0.15, 0.2) is 0 Å². The number of carbonyl (C=O) groups is 2. The van der Waals surface area contributed by atoms with Gasteiger partial charge in [-0.2, -0.15) is 13.5 Å². The lowest BCUT2D eigenvalue weighted by Gasteiger charge is -2.22. The third-order valence-electron chi connectivity index (χ3n) is 5.72. The van der Waals surface area contributed by atoms with Crippen molar-refractivity contribution in [2.75, 3.05) is 30.5 Å². The number of hydrogen-bond donors (Lipinski definition) is 1. The predicted molar refractivity (Wildman–Crippen MR) is 133 cm³/mol. The molecule has 1 atom stereocenters. The zero-order chi connectivity index (χ0) is 25.0. The third-order valence-corrected chi connectivity index (χ3v) is 7.04. The van der Waals surface area contributed by atoms with E-state index in [4.69, 9.17) is 4.74 Å². The summed E-state index contributed by atoms with van der Waals surface area (Å²) in [5.41, 5.74) is 1.23. The summed E-state index contributed by atoms with van der Waals surface area (Å²) in [6.07, 6.45) is 1.58. The second-order valence-electron chi connectivity index (χ2n) is 8.19. The van der Waals surface area contributed by atoms with Crippen molar-refractivity contribution >= 4 is 44.8 Å². The molecular weight excluding hydrogens is 470 g/mol. The number of nitrogens with one attached hydrogen (secondary N) is 1. The molecule has 2 aliphatic heterocycles. The highest BCUT2D eigenvalue weighted by Crippen LogP contribution is 2.26. The average molecular weight is 498 g/mol. The topological polar surface area (TPSA) is 121 Å². The fourth-order valence-electron chi connectivity index (χ4n) is 3.91. The first kappa shape index (κ1) is 24.4. The fraction of sp³-hybridized carbons (Fsp3) is 0.333. The number of esters is 1. The Balaban J connectivity index is 1.50. The van der Waals surface area contributed by atoms with E-state index >= 15 is 0 Å². The molecule has 0 bridgehead atoms. The second-order valence-corrected chi connectivity index (χ2v) is 9.79. The Morgan fingerprint density at radius 3 is 2.49 bits per heavy atom. The molecule has 35 heavy (non-hydrogen) atoms. The van der Waals surface area contributed by atoms with E-state index in [1.807, 2.05) is 30.1 Å². The van der Waals surface area contributed by atoms with Gasteiger partial charge >= 0.3 is 5.97 Å². The fourth-order valence-corrected chi connectivity index (χ4v) is 5.00. The molecule has 2 aromatic rings. The number of hydrazone groups is 1. The lowest BCUT2D eigenvalue weighted by molar-refractivity contribution is -0.135. The SMILES string of the molecule is CCOC(=O)C1=NN(c2ccccc2)C(C(=O)Nc2ccc(S(=O)(=O)/N=C3/CCCN3C)cc2)C1. The summed E-state index contributed by atoms with van der Waals surface area (Å²) in [5.74, 6) is -0.407. The molecule has 1 amide bonds. The van der Waals surface area contributed by atoms with Gasteiger partial charge in [0.1, 0.15) is 17.6 Å². The highest BCUT2D eigenvalue weighted by molar-refractivity contribution is 7.90. The second kappa shape index (κ2) is 10.3. The number of nitrogens with zero attached hydrogens (tertiary/aromatic N) is 4. The number of sulfonamides is 1. The highest BCUT2D eigenvalue weighted by Gasteiger charge is 2.37. The molecule has 1 fully saturated rings. The molecule has 184 valence electrons. The van der Waals surface area contributed by atoms with Crippen LogP contribution in [0.1, 0.15) is 26.2 Å². The van der Waals surface area contributed by atoms with Crippen molar-refractivity contribution in [3.05, 3.63) is 54.6 Å².